The molecule has 0 aliphatic carbocycles. The third kappa shape index (κ3) is 11.8. The minimum absolute atomic E-state index is 0.0435. The summed E-state index contributed by atoms with van der Waals surface area (Å²) in [6, 6.07) is 8.90. The number of esters is 2. The zero-order valence-electron chi connectivity index (χ0n) is 19.2. The van der Waals surface area contributed by atoms with Crippen molar-refractivity contribution in [3.63, 3.8) is 0 Å². The summed E-state index contributed by atoms with van der Waals surface area (Å²) in [5, 5.41) is 2.74. The Morgan fingerprint density at radius 3 is 2.32 bits per heavy atom. The maximum Gasteiger partial charge on any atom is 0.407 e. The van der Waals surface area contributed by atoms with Gasteiger partial charge in [-0.2, -0.15) is 0 Å². The summed E-state index contributed by atoms with van der Waals surface area (Å²) in [4.78, 5) is 37.2. The Morgan fingerprint density at radius 1 is 1.13 bits per heavy atom. The summed E-state index contributed by atoms with van der Waals surface area (Å²) in [6.07, 6.45) is 0.455. The average Bonchev–Trinajstić information content (AvgIpc) is 2.64. The fraction of sp³-hybridized carbons (Fsp3) is 0.542. The van der Waals surface area contributed by atoms with E-state index >= 15 is 0 Å². The van der Waals surface area contributed by atoms with Crippen LogP contribution in [-0.4, -0.2) is 42.4 Å². The zero-order valence-corrected chi connectivity index (χ0v) is 19.2. The van der Waals surface area contributed by atoms with Gasteiger partial charge in [-0.3, -0.25) is 4.79 Å². The fourth-order valence-electron chi connectivity index (χ4n) is 2.81. The molecule has 31 heavy (non-hydrogen) atoms. The molecule has 1 aromatic rings. The summed E-state index contributed by atoms with van der Waals surface area (Å²) in [5.74, 6) is -1.09. The second-order valence-electron chi connectivity index (χ2n) is 8.76. The van der Waals surface area contributed by atoms with E-state index in [1.807, 2.05) is 44.2 Å². The molecule has 0 aromatic heterocycles. The van der Waals surface area contributed by atoms with Crippen LogP contribution in [0.3, 0.4) is 0 Å². The third-order valence-electron chi connectivity index (χ3n) is 4.02. The lowest BCUT2D eigenvalue weighted by Gasteiger charge is -2.24. The van der Waals surface area contributed by atoms with E-state index in [-0.39, 0.29) is 18.9 Å². The summed E-state index contributed by atoms with van der Waals surface area (Å²) < 4.78 is 15.8. The maximum absolute atomic E-state index is 12.6. The highest BCUT2D eigenvalue weighted by atomic mass is 16.6. The quantitative estimate of drug-likeness (QED) is 0.319. The van der Waals surface area contributed by atoms with Crippen molar-refractivity contribution >= 4 is 18.0 Å². The van der Waals surface area contributed by atoms with Crippen molar-refractivity contribution in [3.05, 3.63) is 48.6 Å². The number of nitrogens with one attached hydrogen (secondary N) is 1. The highest BCUT2D eigenvalue weighted by Gasteiger charge is 2.28. The predicted molar refractivity (Wildman–Crippen MR) is 118 cm³/mol. The van der Waals surface area contributed by atoms with Gasteiger partial charge in [-0.15, -0.1) is 0 Å². The molecule has 1 amide bonds. The van der Waals surface area contributed by atoms with Gasteiger partial charge < -0.3 is 19.5 Å². The molecule has 0 bridgehead atoms. The first-order valence-electron chi connectivity index (χ1n) is 10.5. The van der Waals surface area contributed by atoms with Crippen LogP contribution in [-0.2, 0) is 30.2 Å². The molecule has 0 radical (unpaired) electrons. The Balaban J connectivity index is 2.86. The Kier molecular flexibility index (Phi) is 10.8. The summed E-state index contributed by atoms with van der Waals surface area (Å²) in [6.45, 7) is 12.7. The average molecular weight is 434 g/mol. The molecule has 0 spiro atoms. The Morgan fingerprint density at radius 2 is 1.77 bits per heavy atom. The molecule has 1 aromatic carbocycles. The van der Waals surface area contributed by atoms with Crippen LogP contribution in [0.1, 0.15) is 53.0 Å². The first-order valence-corrected chi connectivity index (χ1v) is 10.5. The number of amides is 1. The normalized spacial score (nSPS) is 13.1. The van der Waals surface area contributed by atoms with Gasteiger partial charge >= 0.3 is 18.0 Å². The van der Waals surface area contributed by atoms with Crippen LogP contribution in [0.2, 0.25) is 0 Å². The Bertz CT molecular complexity index is 723. The van der Waals surface area contributed by atoms with Gasteiger partial charge in [0, 0.05) is 6.04 Å². The van der Waals surface area contributed by atoms with E-state index in [1.165, 1.54) is 6.08 Å². The van der Waals surface area contributed by atoms with Gasteiger partial charge in [0.05, 0.1) is 6.42 Å². The molecule has 7 nitrogen and oxygen atoms in total. The molecule has 172 valence electrons. The lowest BCUT2D eigenvalue weighted by Crippen LogP contribution is -2.42. The van der Waals surface area contributed by atoms with Crippen LogP contribution >= 0.6 is 0 Å². The monoisotopic (exact) mass is 433 g/mol. The molecule has 0 heterocycles. The molecular formula is C24H35NO6. The number of rotatable bonds is 11. The second kappa shape index (κ2) is 12.8. The number of hydrogen-bond acceptors (Lipinski definition) is 6. The van der Waals surface area contributed by atoms with E-state index < -0.39 is 35.8 Å². The number of carbonyl (C=O) groups is 3. The molecule has 1 N–H and O–H groups in total. The van der Waals surface area contributed by atoms with Crippen LogP contribution in [0, 0.1) is 5.92 Å². The minimum Gasteiger partial charge on any atom is -0.459 e. The van der Waals surface area contributed by atoms with Crippen LogP contribution in [0.5, 0.6) is 0 Å². The molecule has 0 saturated heterocycles. The van der Waals surface area contributed by atoms with E-state index in [2.05, 4.69) is 11.9 Å². The van der Waals surface area contributed by atoms with Crippen LogP contribution in [0.4, 0.5) is 4.79 Å². The van der Waals surface area contributed by atoms with E-state index in [4.69, 9.17) is 14.2 Å². The first-order chi connectivity index (χ1) is 14.5. The molecule has 0 fully saturated rings. The molecule has 7 heteroatoms. The molecule has 0 aliphatic heterocycles. The number of alkyl carbamates (subject to hydrolysis) is 1. The fourth-order valence-corrected chi connectivity index (χ4v) is 2.81. The minimum atomic E-state index is -1.01. The van der Waals surface area contributed by atoms with E-state index in [0.717, 1.165) is 5.56 Å². The van der Waals surface area contributed by atoms with Crippen LogP contribution in [0.15, 0.2) is 43.0 Å². The molecule has 2 atom stereocenters. The SMILES string of the molecule is C=CCOC(=O)[C@H](CC(C)C)OC(=O)C[C@@H](Cc1ccccc1)NC(=O)OC(C)(C)C. The van der Waals surface area contributed by atoms with Crippen molar-refractivity contribution in [2.45, 2.75) is 71.6 Å². The molecule has 0 unspecified atom stereocenters. The van der Waals surface area contributed by atoms with Gasteiger partial charge in [-0.05, 0) is 45.1 Å². The highest BCUT2D eigenvalue weighted by Crippen LogP contribution is 2.14. The maximum atomic E-state index is 12.6. The van der Waals surface area contributed by atoms with Crippen molar-refractivity contribution in [1.29, 1.82) is 0 Å². The molecule has 1 rings (SSSR count). The topological polar surface area (TPSA) is 90.9 Å². The van der Waals surface area contributed by atoms with Gasteiger partial charge in [-0.25, -0.2) is 9.59 Å². The lowest BCUT2D eigenvalue weighted by molar-refractivity contribution is -0.168. The van der Waals surface area contributed by atoms with Crippen LogP contribution in [0.25, 0.3) is 0 Å². The standard InChI is InChI=1S/C24H35NO6/c1-7-13-29-22(27)20(14-17(2)3)30-21(26)16-19(15-18-11-9-8-10-12-18)25-23(28)31-24(4,5)6/h7-12,17,19-20H,1,13-16H2,2-6H3,(H,25,28)/t19-,20+/m1/s1. The van der Waals surface area contributed by atoms with Gasteiger partial charge in [0.2, 0.25) is 0 Å². The zero-order chi connectivity index (χ0) is 23.4. The molecule has 0 aliphatic rings. The van der Waals surface area contributed by atoms with Crippen molar-refractivity contribution in [1.82, 2.24) is 5.32 Å². The smallest absolute Gasteiger partial charge is 0.407 e. The van der Waals surface area contributed by atoms with Crippen molar-refractivity contribution < 1.29 is 28.6 Å². The number of carbonyl (C=O) groups excluding carboxylic acids is 3. The van der Waals surface area contributed by atoms with Crippen LogP contribution < -0.4 is 5.32 Å². The largest absolute Gasteiger partial charge is 0.459 e. The van der Waals surface area contributed by atoms with Gasteiger partial charge in [0.15, 0.2) is 6.10 Å². The van der Waals surface area contributed by atoms with E-state index in [0.29, 0.717) is 12.8 Å². The van der Waals surface area contributed by atoms with Crippen molar-refractivity contribution in [3.8, 4) is 0 Å². The highest BCUT2D eigenvalue weighted by molar-refractivity contribution is 5.80. The first kappa shape index (κ1) is 26.2. The predicted octanol–water partition coefficient (Wildman–Crippen LogP) is 4.20. The summed E-state index contributed by atoms with van der Waals surface area (Å²) in [5.41, 5.74) is 0.277. The molecule has 0 saturated carbocycles. The second-order valence-corrected chi connectivity index (χ2v) is 8.76. The van der Waals surface area contributed by atoms with Crippen molar-refractivity contribution in [2.75, 3.05) is 6.61 Å². The number of benzene rings is 1. The molecular weight excluding hydrogens is 398 g/mol. The third-order valence-corrected chi connectivity index (χ3v) is 4.02. The number of ether oxygens (including phenoxy) is 3. The van der Waals surface area contributed by atoms with Crippen molar-refractivity contribution in [2.24, 2.45) is 5.92 Å². The number of hydrogen-bond donors (Lipinski definition) is 1. The Labute approximate surface area is 185 Å². The van der Waals surface area contributed by atoms with E-state index in [1.54, 1.807) is 20.8 Å². The summed E-state index contributed by atoms with van der Waals surface area (Å²) >= 11 is 0. The van der Waals surface area contributed by atoms with Gasteiger partial charge in [0.1, 0.15) is 12.2 Å². The van der Waals surface area contributed by atoms with Gasteiger partial charge in [-0.1, -0.05) is 56.8 Å². The lowest BCUT2D eigenvalue weighted by atomic mass is 10.0. The summed E-state index contributed by atoms with van der Waals surface area (Å²) in [7, 11) is 0. The van der Waals surface area contributed by atoms with Gasteiger partial charge in [0.25, 0.3) is 0 Å². The van der Waals surface area contributed by atoms with E-state index in [9.17, 15) is 14.4 Å². The Hall–Kier alpha value is -2.83.